The summed E-state index contributed by atoms with van der Waals surface area (Å²) >= 11 is 0. The normalized spacial score (nSPS) is 13.5. The fraction of sp³-hybridized carbons (Fsp3) is 0.0645. The lowest BCUT2D eigenvalue weighted by Crippen LogP contribution is -1.94. The minimum absolute atomic E-state index is 0.907. The van der Waals surface area contributed by atoms with E-state index in [2.05, 4.69) is 70.0 Å². The molecule has 0 bridgehead atoms. The van der Waals surface area contributed by atoms with Crippen molar-refractivity contribution < 1.29 is 0 Å². The second-order valence-corrected chi connectivity index (χ2v) is 9.66. The van der Waals surface area contributed by atoms with Gasteiger partial charge in [0.15, 0.2) is 5.65 Å². The summed E-state index contributed by atoms with van der Waals surface area (Å²) in [5.41, 5.74) is 16.4. The lowest BCUT2D eigenvalue weighted by Gasteiger charge is -2.11. The van der Waals surface area contributed by atoms with Crippen molar-refractivity contribution in [2.24, 2.45) is 0 Å². The van der Waals surface area contributed by atoms with Crippen LogP contribution in [-0.4, -0.2) is 19.4 Å². The molecule has 0 amide bonds. The topological polar surface area (TPSA) is 43.1 Å². The van der Waals surface area contributed by atoms with E-state index in [0.717, 1.165) is 45.8 Å². The van der Waals surface area contributed by atoms with E-state index in [-0.39, 0.29) is 0 Å². The zero-order valence-electron chi connectivity index (χ0n) is 18.8. The Bertz CT molecular complexity index is 2070. The average Bonchev–Trinajstić information content (AvgIpc) is 3.59. The van der Waals surface area contributed by atoms with Crippen molar-refractivity contribution in [3.8, 4) is 22.3 Å². The summed E-state index contributed by atoms with van der Waals surface area (Å²) in [4.78, 5) is 14.3. The van der Waals surface area contributed by atoms with Gasteiger partial charge in [-0.15, -0.1) is 0 Å². The van der Waals surface area contributed by atoms with Gasteiger partial charge in [-0.2, -0.15) is 0 Å². The summed E-state index contributed by atoms with van der Waals surface area (Å²) in [5, 5.41) is 2.19. The van der Waals surface area contributed by atoms with E-state index in [0.29, 0.717) is 0 Å². The fourth-order valence-corrected chi connectivity index (χ4v) is 6.54. The first-order valence-corrected chi connectivity index (χ1v) is 12.0. The summed E-state index contributed by atoms with van der Waals surface area (Å²) in [6, 6.07) is 24.2. The van der Waals surface area contributed by atoms with Crippen LogP contribution < -0.4 is 0 Å². The molecule has 35 heavy (non-hydrogen) atoms. The van der Waals surface area contributed by atoms with Crippen molar-refractivity contribution in [1.82, 2.24) is 19.4 Å². The minimum atomic E-state index is 0.907. The molecular formula is C31H18N4. The summed E-state index contributed by atoms with van der Waals surface area (Å²) in [5.74, 6) is 0. The monoisotopic (exact) mass is 446 g/mol. The minimum Gasteiger partial charge on any atom is -0.290 e. The molecule has 4 heterocycles. The van der Waals surface area contributed by atoms with E-state index in [1.165, 1.54) is 50.0 Å². The van der Waals surface area contributed by atoms with Gasteiger partial charge in [0.25, 0.3) is 0 Å². The van der Waals surface area contributed by atoms with Crippen LogP contribution in [0.2, 0.25) is 0 Å². The third kappa shape index (κ3) is 2.11. The molecule has 0 saturated carbocycles. The van der Waals surface area contributed by atoms with E-state index in [1.807, 2.05) is 24.7 Å². The number of aromatic nitrogens is 4. The predicted molar refractivity (Wildman–Crippen MR) is 140 cm³/mol. The van der Waals surface area contributed by atoms with Crippen LogP contribution in [0.15, 0.2) is 85.3 Å². The van der Waals surface area contributed by atoms with Crippen molar-refractivity contribution in [3.63, 3.8) is 0 Å². The lowest BCUT2D eigenvalue weighted by molar-refractivity contribution is 1.16. The highest BCUT2D eigenvalue weighted by atomic mass is 15.0. The number of fused-ring (bicyclic) bond motifs is 16. The van der Waals surface area contributed by atoms with Gasteiger partial charge in [0.2, 0.25) is 0 Å². The molecule has 4 aromatic heterocycles. The quantitative estimate of drug-likeness (QED) is 0.243. The van der Waals surface area contributed by atoms with Gasteiger partial charge >= 0.3 is 0 Å². The molecule has 9 rings (SSSR count). The largest absolute Gasteiger partial charge is 0.290 e. The lowest BCUT2D eigenvalue weighted by atomic mass is 9.96. The Morgan fingerprint density at radius 1 is 0.686 bits per heavy atom. The molecule has 0 unspecified atom stereocenters. The maximum atomic E-state index is 5.13. The standard InChI is InChI=1S/C31H18N4/c1-2-5-19-17(4-1)14-23-20(19)8-9-21-24(23)15-18-7-10-26-30(28(18)21)35-27-11-13-32-16-25(27)22-6-3-12-33-29(22)31(35)34-26/h1-13,16H,14-15H2. The Kier molecular flexibility index (Phi) is 3.11. The molecule has 0 atom stereocenters. The van der Waals surface area contributed by atoms with E-state index >= 15 is 0 Å². The first-order chi connectivity index (χ1) is 17.4. The first-order valence-electron chi connectivity index (χ1n) is 12.0. The van der Waals surface area contributed by atoms with Crippen LogP contribution >= 0.6 is 0 Å². The van der Waals surface area contributed by atoms with Crippen LogP contribution in [0.3, 0.4) is 0 Å². The smallest absolute Gasteiger partial charge is 0.165 e. The summed E-state index contributed by atoms with van der Waals surface area (Å²) in [7, 11) is 0. The molecule has 0 aliphatic heterocycles. The number of nitrogens with zero attached hydrogens (tertiary/aromatic N) is 4. The second-order valence-electron chi connectivity index (χ2n) is 9.66. The Labute approximate surface area is 200 Å². The maximum Gasteiger partial charge on any atom is 0.165 e. The van der Waals surface area contributed by atoms with E-state index in [9.17, 15) is 0 Å². The van der Waals surface area contributed by atoms with Gasteiger partial charge in [-0.3, -0.25) is 14.4 Å². The Balaban J connectivity index is 1.44. The molecule has 4 nitrogen and oxygen atoms in total. The van der Waals surface area contributed by atoms with Crippen LogP contribution in [0, 0.1) is 0 Å². The highest BCUT2D eigenvalue weighted by molar-refractivity contribution is 6.13. The van der Waals surface area contributed by atoms with E-state index in [4.69, 9.17) is 9.97 Å². The number of hydrogen-bond donors (Lipinski definition) is 0. The molecule has 0 spiro atoms. The number of hydrogen-bond acceptors (Lipinski definition) is 3. The van der Waals surface area contributed by atoms with Crippen molar-refractivity contribution in [3.05, 3.63) is 108 Å². The zero-order chi connectivity index (χ0) is 22.7. The summed E-state index contributed by atoms with van der Waals surface area (Å²) in [6.45, 7) is 0. The Morgan fingerprint density at radius 3 is 2.57 bits per heavy atom. The van der Waals surface area contributed by atoms with Gasteiger partial charge in [0.05, 0.1) is 16.6 Å². The number of pyridine rings is 3. The van der Waals surface area contributed by atoms with Gasteiger partial charge in [0, 0.05) is 34.9 Å². The van der Waals surface area contributed by atoms with Crippen LogP contribution in [0.5, 0.6) is 0 Å². The molecule has 0 radical (unpaired) electrons. The maximum absolute atomic E-state index is 5.13. The molecule has 3 aromatic carbocycles. The van der Waals surface area contributed by atoms with Crippen LogP contribution in [0.4, 0.5) is 0 Å². The third-order valence-corrected chi connectivity index (χ3v) is 8.00. The Hall–Kier alpha value is -4.57. The van der Waals surface area contributed by atoms with Crippen molar-refractivity contribution >= 4 is 38.5 Å². The first kappa shape index (κ1) is 17.8. The molecule has 2 aliphatic rings. The van der Waals surface area contributed by atoms with E-state index in [1.54, 1.807) is 0 Å². The molecule has 0 N–H and O–H groups in total. The zero-order valence-corrected chi connectivity index (χ0v) is 18.8. The van der Waals surface area contributed by atoms with Crippen LogP contribution in [-0.2, 0) is 12.8 Å². The van der Waals surface area contributed by atoms with Crippen LogP contribution in [0.25, 0.3) is 60.7 Å². The average molecular weight is 447 g/mol. The molecule has 0 saturated heterocycles. The van der Waals surface area contributed by atoms with Crippen LogP contribution in [0.1, 0.15) is 22.3 Å². The van der Waals surface area contributed by atoms with Crippen molar-refractivity contribution in [1.29, 1.82) is 0 Å². The SMILES string of the molecule is c1ccc2c(c1)Cc1c-2ccc2c1Cc1ccc3nc4c5ncccc5c5cnccc5n4c3c1-2. The number of imidazole rings is 1. The number of benzene rings is 3. The van der Waals surface area contributed by atoms with Gasteiger partial charge in [-0.05, 0) is 70.0 Å². The molecule has 4 heteroatoms. The number of rotatable bonds is 0. The molecule has 2 aliphatic carbocycles. The molecule has 0 fully saturated rings. The van der Waals surface area contributed by atoms with Gasteiger partial charge < -0.3 is 0 Å². The fourth-order valence-electron chi connectivity index (χ4n) is 6.54. The van der Waals surface area contributed by atoms with Crippen molar-refractivity contribution in [2.45, 2.75) is 12.8 Å². The highest BCUT2D eigenvalue weighted by Gasteiger charge is 2.30. The second kappa shape index (κ2) is 6.10. The predicted octanol–water partition coefficient (Wildman–Crippen LogP) is 6.73. The van der Waals surface area contributed by atoms with Gasteiger partial charge in [0.1, 0.15) is 5.52 Å². The molecule has 162 valence electrons. The van der Waals surface area contributed by atoms with Gasteiger partial charge in [-0.25, -0.2) is 4.98 Å². The highest BCUT2D eigenvalue weighted by Crippen LogP contribution is 2.49. The summed E-state index contributed by atoms with van der Waals surface area (Å²) in [6.07, 6.45) is 7.66. The Morgan fingerprint density at radius 2 is 1.57 bits per heavy atom. The summed E-state index contributed by atoms with van der Waals surface area (Å²) < 4.78 is 2.32. The molecule has 7 aromatic rings. The third-order valence-electron chi connectivity index (χ3n) is 8.00. The molecular weight excluding hydrogens is 428 g/mol. The van der Waals surface area contributed by atoms with E-state index < -0.39 is 0 Å². The van der Waals surface area contributed by atoms with Gasteiger partial charge in [-0.1, -0.05) is 48.5 Å². The van der Waals surface area contributed by atoms with Crippen molar-refractivity contribution in [2.75, 3.05) is 0 Å².